The van der Waals surface area contributed by atoms with Crippen LogP contribution in [0.4, 0.5) is 0 Å². The molecule has 122 valence electrons. The van der Waals surface area contributed by atoms with Crippen molar-refractivity contribution in [3.63, 3.8) is 0 Å². The molecule has 1 aromatic heterocycles. The van der Waals surface area contributed by atoms with Gasteiger partial charge in [0.2, 0.25) is 0 Å². The number of nitrogens with zero attached hydrogens (tertiary/aromatic N) is 2. The highest BCUT2D eigenvalue weighted by Crippen LogP contribution is 1.92. The first kappa shape index (κ1) is 18.1. The summed E-state index contributed by atoms with van der Waals surface area (Å²) in [5.74, 6) is 0. The average molecular weight is 299 g/mol. The standard InChI is InChI=1S/C15H29N3O3/c1-3-4-8-19-10-12-21-13-11-20-9-6-16-14-15-5-7-18(2)17-15/h5,7,16H,3-4,6,8-14H2,1-2H3. The summed E-state index contributed by atoms with van der Waals surface area (Å²) in [6, 6.07) is 2.00. The average Bonchev–Trinajstić information content (AvgIpc) is 2.89. The summed E-state index contributed by atoms with van der Waals surface area (Å²) in [5, 5.41) is 7.57. The Morgan fingerprint density at radius 2 is 1.71 bits per heavy atom. The Labute approximate surface area is 127 Å². The van der Waals surface area contributed by atoms with Crippen LogP contribution >= 0.6 is 0 Å². The molecule has 0 aromatic carbocycles. The number of unbranched alkanes of at least 4 members (excludes halogenated alkanes) is 1. The topological polar surface area (TPSA) is 57.5 Å². The van der Waals surface area contributed by atoms with Crippen molar-refractivity contribution in [2.24, 2.45) is 7.05 Å². The molecule has 21 heavy (non-hydrogen) atoms. The normalized spacial score (nSPS) is 11.1. The molecule has 0 bridgehead atoms. The lowest BCUT2D eigenvalue weighted by Crippen LogP contribution is -2.20. The second-order valence-corrected chi connectivity index (χ2v) is 4.85. The molecule has 0 fully saturated rings. The quantitative estimate of drug-likeness (QED) is 0.526. The van der Waals surface area contributed by atoms with Crippen LogP contribution in [0.3, 0.4) is 0 Å². The molecule has 0 saturated carbocycles. The summed E-state index contributed by atoms with van der Waals surface area (Å²) in [4.78, 5) is 0. The van der Waals surface area contributed by atoms with E-state index in [0.29, 0.717) is 33.0 Å². The van der Waals surface area contributed by atoms with Crippen molar-refractivity contribution in [1.29, 1.82) is 0 Å². The third-order valence-corrected chi connectivity index (χ3v) is 2.88. The molecule has 0 atom stereocenters. The van der Waals surface area contributed by atoms with Gasteiger partial charge in [-0.1, -0.05) is 13.3 Å². The van der Waals surface area contributed by atoms with Gasteiger partial charge < -0.3 is 19.5 Å². The van der Waals surface area contributed by atoms with E-state index in [9.17, 15) is 0 Å². The number of rotatable bonds is 14. The molecule has 0 aliphatic rings. The second kappa shape index (κ2) is 12.8. The van der Waals surface area contributed by atoms with E-state index in [4.69, 9.17) is 14.2 Å². The van der Waals surface area contributed by atoms with Gasteiger partial charge in [0.05, 0.1) is 38.7 Å². The largest absolute Gasteiger partial charge is 0.379 e. The molecule has 1 heterocycles. The molecule has 1 rings (SSSR count). The molecule has 1 aromatic rings. The minimum absolute atomic E-state index is 0.622. The van der Waals surface area contributed by atoms with Gasteiger partial charge >= 0.3 is 0 Å². The van der Waals surface area contributed by atoms with E-state index in [0.717, 1.165) is 31.8 Å². The van der Waals surface area contributed by atoms with Gasteiger partial charge in [-0.25, -0.2) is 0 Å². The van der Waals surface area contributed by atoms with Crippen molar-refractivity contribution in [3.05, 3.63) is 18.0 Å². The van der Waals surface area contributed by atoms with Crippen LogP contribution in [0.15, 0.2) is 12.3 Å². The fourth-order valence-corrected chi connectivity index (χ4v) is 1.71. The van der Waals surface area contributed by atoms with Gasteiger partial charge in [-0.15, -0.1) is 0 Å². The van der Waals surface area contributed by atoms with Crippen LogP contribution in [0.1, 0.15) is 25.5 Å². The summed E-state index contributed by atoms with van der Waals surface area (Å²) in [7, 11) is 1.92. The van der Waals surface area contributed by atoms with Crippen molar-refractivity contribution in [2.45, 2.75) is 26.3 Å². The maximum Gasteiger partial charge on any atom is 0.0762 e. The van der Waals surface area contributed by atoms with Gasteiger partial charge in [-0.3, -0.25) is 4.68 Å². The Balaban J connectivity index is 1.74. The maximum absolute atomic E-state index is 5.47. The minimum Gasteiger partial charge on any atom is -0.379 e. The fraction of sp³-hybridized carbons (Fsp3) is 0.800. The van der Waals surface area contributed by atoms with E-state index in [1.165, 1.54) is 6.42 Å². The summed E-state index contributed by atoms with van der Waals surface area (Å²) in [6.45, 7) is 7.82. The monoisotopic (exact) mass is 299 g/mol. The van der Waals surface area contributed by atoms with Crippen LogP contribution < -0.4 is 5.32 Å². The smallest absolute Gasteiger partial charge is 0.0762 e. The minimum atomic E-state index is 0.622. The van der Waals surface area contributed by atoms with Crippen LogP contribution in [0.25, 0.3) is 0 Å². The first-order chi connectivity index (χ1) is 10.3. The molecular weight excluding hydrogens is 270 g/mol. The predicted molar refractivity (Wildman–Crippen MR) is 82.3 cm³/mol. The highest BCUT2D eigenvalue weighted by Gasteiger charge is 1.96. The SMILES string of the molecule is CCCCOCCOCCOCCNCc1ccn(C)n1. The highest BCUT2D eigenvalue weighted by molar-refractivity contribution is 4.97. The number of aryl methyl sites for hydroxylation is 1. The first-order valence-electron chi connectivity index (χ1n) is 7.75. The summed E-state index contributed by atoms with van der Waals surface area (Å²) in [5.41, 5.74) is 1.05. The Morgan fingerprint density at radius 3 is 2.33 bits per heavy atom. The van der Waals surface area contributed by atoms with Crippen LogP contribution in [0.5, 0.6) is 0 Å². The van der Waals surface area contributed by atoms with Gasteiger partial charge in [0.1, 0.15) is 0 Å². The van der Waals surface area contributed by atoms with Crippen molar-refractivity contribution < 1.29 is 14.2 Å². The van der Waals surface area contributed by atoms with Gasteiger partial charge in [0.25, 0.3) is 0 Å². The van der Waals surface area contributed by atoms with E-state index in [-0.39, 0.29) is 0 Å². The van der Waals surface area contributed by atoms with Crippen molar-refractivity contribution in [2.75, 3.05) is 46.2 Å². The zero-order valence-electron chi connectivity index (χ0n) is 13.3. The molecule has 0 spiro atoms. The molecule has 0 aliphatic heterocycles. The first-order valence-corrected chi connectivity index (χ1v) is 7.75. The molecule has 0 unspecified atom stereocenters. The third kappa shape index (κ3) is 10.4. The van der Waals surface area contributed by atoms with Crippen LogP contribution in [0.2, 0.25) is 0 Å². The molecular formula is C15H29N3O3. The molecule has 6 nitrogen and oxygen atoms in total. The molecule has 0 amide bonds. The molecule has 6 heteroatoms. The molecule has 1 N–H and O–H groups in total. The Kier molecular flexibility index (Phi) is 11.0. The van der Waals surface area contributed by atoms with E-state index in [1.54, 1.807) is 4.68 Å². The van der Waals surface area contributed by atoms with E-state index < -0.39 is 0 Å². The van der Waals surface area contributed by atoms with Gasteiger partial charge in [0.15, 0.2) is 0 Å². The number of hydrogen-bond donors (Lipinski definition) is 1. The Hall–Kier alpha value is -0.950. The lowest BCUT2D eigenvalue weighted by Gasteiger charge is -2.07. The fourth-order valence-electron chi connectivity index (χ4n) is 1.71. The lowest BCUT2D eigenvalue weighted by molar-refractivity contribution is 0.0146. The molecule has 0 aliphatic carbocycles. The van der Waals surface area contributed by atoms with E-state index >= 15 is 0 Å². The predicted octanol–water partition coefficient (Wildman–Crippen LogP) is 1.36. The number of aromatic nitrogens is 2. The zero-order chi connectivity index (χ0) is 15.2. The third-order valence-electron chi connectivity index (χ3n) is 2.88. The Morgan fingerprint density at radius 1 is 1.05 bits per heavy atom. The molecule has 0 saturated heterocycles. The summed E-state index contributed by atoms with van der Waals surface area (Å²) in [6.07, 6.45) is 4.23. The van der Waals surface area contributed by atoms with Crippen molar-refractivity contribution >= 4 is 0 Å². The van der Waals surface area contributed by atoms with Crippen LogP contribution in [-0.4, -0.2) is 56.0 Å². The highest BCUT2D eigenvalue weighted by atomic mass is 16.5. The number of hydrogen-bond acceptors (Lipinski definition) is 5. The Bertz CT molecular complexity index is 345. The zero-order valence-corrected chi connectivity index (χ0v) is 13.3. The van der Waals surface area contributed by atoms with Crippen LogP contribution in [0, 0.1) is 0 Å². The number of ether oxygens (including phenoxy) is 3. The summed E-state index contributed by atoms with van der Waals surface area (Å²) >= 11 is 0. The van der Waals surface area contributed by atoms with Gasteiger partial charge in [0, 0.05) is 32.9 Å². The second-order valence-electron chi connectivity index (χ2n) is 4.85. The van der Waals surface area contributed by atoms with E-state index in [2.05, 4.69) is 17.3 Å². The lowest BCUT2D eigenvalue weighted by atomic mass is 10.4. The van der Waals surface area contributed by atoms with Gasteiger partial charge in [-0.2, -0.15) is 5.10 Å². The maximum atomic E-state index is 5.47. The summed E-state index contributed by atoms with van der Waals surface area (Å²) < 4.78 is 18.1. The molecule has 0 radical (unpaired) electrons. The van der Waals surface area contributed by atoms with Gasteiger partial charge in [-0.05, 0) is 12.5 Å². The number of nitrogens with one attached hydrogen (secondary N) is 1. The van der Waals surface area contributed by atoms with Crippen molar-refractivity contribution in [3.8, 4) is 0 Å². The van der Waals surface area contributed by atoms with E-state index in [1.807, 2.05) is 19.3 Å². The van der Waals surface area contributed by atoms with Crippen molar-refractivity contribution in [1.82, 2.24) is 15.1 Å². The van der Waals surface area contributed by atoms with Crippen LogP contribution in [-0.2, 0) is 27.8 Å².